The Morgan fingerprint density at radius 2 is 2.25 bits per heavy atom. The highest BCUT2D eigenvalue weighted by Crippen LogP contribution is 2.33. The molecule has 1 N–H and O–H groups in total. The predicted molar refractivity (Wildman–Crippen MR) is 89.7 cm³/mol. The largest absolute Gasteiger partial charge is 0.359 e. The molecule has 1 unspecified atom stereocenters. The smallest absolute Gasteiger partial charge is 0.322 e. The summed E-state index contributed by atoms with van der Waals surface area (Å²) in [5.74, 6) is 0.451. The molecule has 7 heteroatoms. The summed E-state index contributed by atoms with van der Waals surface area (Å²) in [6, 6.07) is 5.62. The predicted octanol–water partition coefficient (Wildman–Crippen LogP) is 4.96. The molecule has 1 aliphatic rings. The van der Waals surface area contributed by atoms with Crippen molar-refractivity contribution in [3.63, 3.8) is 0 Å². The molecule has 1 fully saturated rings. The van der Waals surface area contributed by atoms with Crippen LogP contribution in [0.25, 0.3) is 0 Å². The quantitative estimate of drug-likeness (QED) is 0.850. The Hall–Kier alpha value is -2.08. The minimum absolute atomic E-state index is 0.0254. The fourth-order valence-corrected chi connectivity index (χ4v) is 2.99. The highest BCUT2D eigenvalue weighted by Gasteiger charge is 2.33. The monoisotopic (exact) mass is 351 g/mol. The standard InChI is InChI=1S/C17H19ClFN3O2/c1-10(2)14-9-16(24-21-14)15-4-3-7-22(15)17(23)20-11-5-6-13(19)12(18)8-11/h5-6,8-10,15H,3-4,7H2,1-2H3,(H,20,23). The Kier molecular flexibility index (Phi) is 4.76. The van der Waals surface area contributed by atoms with Crippen molar-refractivity contribution in [3.05, 3.63) is 46.6 Å². The van der Waals surface area contributed by atoms with Gasteiger partial charge in [-0.2, -0.15) is 0 Å². The van der Waals surface area contributed by atoms with Crippen LogP contribution < -0.4 is 5.32 Å². The van der Waals surface area contributed by atoms with Crippen molar-refractivity contribution in [3.8, 4) is 0 Å². The summed E-state index contributed by atoms with van der Waals surface area (Å²) in [5.41, 5.74) is 1.33. The maximum absolute atomic E-state index is 13.2. The van der Waals surface area contributed by atoms with E-state index in [1.165, 1.54) is 18.2 Å². The van der Waals surface area contributed by atoms with Crippen molar-refractivity contribution in [2.24, 2.45) is 0 Å². The van der Waals surface area contributed by atoms with Crippen LogP contribution in [0, 0.1) is 5.82 Å². The third kappa shape index (κ3) is 3.38. The molecule has 1 saturated heterocycles. The second-order valence-electron chi connectivity index (χ2n) is 6.22. The van der Waals surface area contributed by atoms with Crippen LogP contribution >= 0.6 is 11.6 Å². The average Bonchev–Trinajstić information content (AvgIpc) is 3.18. The fourth-order valence-electron chi connectivity index (χ4n) is 2.81. The number of aromatic nitrogens is 1. The van der Waals surface area contributed by atoms with Crippen molar-refractivity contribution in [2.45, 2.75) is 38.6 Å². The molecular formula is C17H19ClFN3O2. The van der Waals surface area contributed by atoms with Crippen molar-refractivity contribution in [1.29, 1.82) is 0 Å². The van der Waals surface area contributed by atoms with E-state index in [0.29, 0.717) is 18.0 Å². The molecule has 0 saturated carbocycles. The maximum atomic E-state index is 13.2. The SMILES string of the molecule is CC(C)c1cc(C2CCCN2C(=O)Nc2ccc(F)c(Cl)c2)on1. The first-order chi connectivity index (χ1) is 11.5. The van der Waals surface area contributed by atoms with Crippen molar-refractivity contribution in [1.82, 2.24) is 10.1 Å². The third-order valence-electron chi connectivity index (χ3n) is 4.15. The molecule has 0 aliphatic carbocycles. The number of anilines is 1. The number of amides is 2. The van der Waals surface area contributed by atoms with E-state index in [9.17, 15) is 9.18 Å². The van der Waals surface area contributed by atoms with E-state index in [1.807, 2.05) is 19.9 Å². The normalized spacial score (nSPS) is 17.5. The Morgan fingerprint density at radius 1 is 1.46 bits per heavy atom. The van der Waals surface area contributed by atoms with Gasteiger partial charge in [0.1, 0.15) is 5.82 Å². The number of halogens is 2. The van der Waals surface area contributed by atoms with E-state index in [2.05, 4.69) is 10.5 Å². The molecule has 3 rings (SSSR count). The second kappa shape index (κ2) is 6.81. The zero-order chi connectivity index (χ0) is 17.3. The molecule has 0 bridgehead atoms. The van der Waals surface area contributed by atoms with Crippen LogP contribution in [-0.4, -0.2) is 22.6 Å². The first kappa shape index (κ1) is 16.8. The van der Waals surface area contributed by atoms with Gasteiger partial charge in [0, 0.05) is 18.3 Å². The van der Waals surface area contributed by atoms with Gasteiger partial charge in [-0.05, 0) is 37.0 Å². The van der Waals surface area contributed by atoms with Gasteiger partial charge in [0.25, 0.3) is 0 Å². The number of nitrogens with one attached hydrogen (secondary N) is 1. The van der Waals surface area contributed by atoms with E-state index < -0.39 is 5.82 Å². The van der Waals surface area contributed by atoms with Crippen LogP contribution in [0.5, 0.6) is 0 Å². The van der Waals surface area contributed by atoms with Crippen LogP contribution in [-0.2, 0) is 0 Å². The average molecular weight is 352 g/mol. The van der Waals surface area contributed by atoms with E-state index >= 15 is 0 Å². The molecule has 1 aliphatic heterocycles. The Balaban J connectivity index is 1.74. The lowest BCUT2D eigenvalue weighted by Crippen LogP contribution is -2.34. The van der Waals surface area contributed by atoms with Gasteiger partial charge in [-0.25, -0.2) is 9.18 Å². The molecule has 0 spiro atoms. The van der Waals surface area contributed by atoms with Gasteiger partial charge in [-0.3, -0.25) is 0 Å². The molecule has 0 radical (unpaired) electrons. The molecule has 5 nitrogen and oxygen atoms in total. The van der Waals surface area contributed by atoms with Gasteiger partial charge >= 0.3 is 6.03 Å². The van der Waals surface area contributed by atoms with Crippen LogP contribution in [0.15, 0.2) is 28.8 Å². The zero-order valence-electron chi connectivity index (χ0n) is 13.6. The van der Waals surface area contributed by atoms with Crippen LogP contribution in [0.4, 0.5) is 14.9 Å². The Bertz CT molecular complexity index is 747. The van der Waals surface area contributed by atoms with Gasteiger partial charge in [0.2, 0.25) is 0 Å². The van der Waals surface area contributed by atoms with Gasteiger partial charge in [-0.1, -0.05) is 30.6 Å². The number of urea groups is 1. The minimum atomic E-state index is -0.517. The van der Waals surface area contributed by atoms with E-state index in [4.69, 9.17) is 16.1 Å². The highest BCUT2D eigenvalue weighted by atomic mass is 35.5. The van der Waals surface area contributed by atoms with Crippen molar-refractivity contribution >= 4 is 23.3 Å². The number of carbonyl (C=O) groups is 1. The number of carbonyl (C=O) groups excluding carboxylic acids is 1. The summed E-state index contributed by atoms with van der Waals surface area (Å²) >= 11 is 5.75. The molecule has 1 aromatic heterocycles. The molecule has 2 amide bonds. The van der Waals surface area contributed by atoms with Gasteiger partial charge < -0.3 is 14.7 Å². The molecule has 24 heavy (non-hydrogen) atoms. The van der Waals surface area contributed by atoms with Gasteiger partial charge in [-0.15, -0.1) is 0 Å². The van der Waals surface area contributed by atoms with Crippen molar-refractivity contribution in [2.75, 3.05) is 11.9 Å². The lowest BCUT2D eigenvalue weighted by Gasteiger charge is -2.23. The molecule has 2 aromatic rings. The van der Waals surface area contributed by atoms with Gasteiger partial charge in [0.05, 0.1) is 16.8 Å². The summed E-state index contributed by atoms with van der Waals surface area (Å²) in [7, 11) is 0. The van der Waals surface area contributed by atoms with Crippen LogP contribution in [0.2, 0.25) is 5.02 Å². The van der Waals surface area contributed by atoms with E-state index in [1.54, 1.807) is 4.90 Å². The molecule has 128 valence electrons. The summed E-state index contributed by atoms with van der Waals surface area (Å²) < 4.78 is 18.6. The second-order valence-corrected chi connectivity index (χ2v) is 6.63. The fraction of sp³-hybridized carbons (Fsp3) is 0.412. The number of hydrogen-bond donors (Lipinski definition) is 1. The number of likely N-dealkylation sites (tertiary alicyclic amines) is 1. The lowest BCUT2D eigenvalue weighted by molar-refractivity contribution is 0.195. The Morgan fingerprint density at radius 3 is 2.92 bits per heavy atom. The van der Waals surface area contributed by atoms with Gasteiger partial charge in [0.15, 0.2) is 5.76 Å². The zero-order valence-corrected chi connectivity index (χ0v) is 14.3. The number of hydrogen-bond acceptors (Lipinski definition) is 3. The third-order valence-corrected chi connectivity index (χ3v) is 4.44. The Labute approximate surface area is 144 Å². The summed E-state index contributed by atoms with van der Waals surface area (Å²) in [6.07, 6.45) is 1.71. The number of rotatable bonds is 3. The van der Waals surface area contributed by atoms with Crippen LogP contribution in [0.3, 0.4) is 0 Å². The first-order valence-electron chi connectivity index (χ1n) is 7.95. The molecular weight excluding hydrogens is 333 g/mol. The van der Waals surface area contributed by atoms with E-state index in [0.717, 1.165) is 18.5 Å². The lowest BCUT2D eigenvalue weighted by atomic mass is 10.1. The first-order valence-corrected chi connectivity index (χ1v) is 8.32. The minimum Gasteiger partial charge on any atom is -0.359 e. The topological polar surface area (TPSA) is 58.4 Å². The van der Waals surface area contributed by atoms with E-state index in [-0.39, 0.29) is 23.0 Å². The molecule has 1 aromatic carbocycles. The maximum Gasteiger partial charge on any atom is 0.322 e. The number of benzene rings is 1. The summed E-state index contributed by atoms with van der Waals surface area (Å²) in [5, 5.41) is 6.80. The summed E-state index contributed by atoms with van der Waals surface area (Å²) in [6.45, 7) is 4.71. The molecule has 2 heterocycles. The summed E-state index contributed by atoms with van der Waals surface area (Å²) in [4.78, 5) is 14.3. The van der Waals surface area contributed by atoms with Crippen molar-refractivity contribution < 1.29 is 13.7 Å². The highest BCUT2D eigenvalue weighted by molar-refractivity contribution is 6.31. The number of nitrogens with zero attached hydrogens (tertiary/aromatic N) is 2. The van der Waals surface area contributed by atoms with Crippen LogP contribution in [0.1, 0.15) is 50.1 Å². The molecule has 1 atom stereocenters.